The highest BCUT2D eigenvalue weighted by atomic mass is 16.7. The quantitative estimate of drug-likeness (QED) is 0.809. The number of aromatic nitrogens is 1. The summed E-state index contributed by atoms with van der Waals surface area (Å²) in [5, 5.41) is 0.552. The fourth-order valence-corrected chi connectivity index (χ4v) is 2.76. The minimum absolute atomic E-state index is 0.244. The van der Waals surface area contributed by atoms with Gasteiger partial charge in [-0.1, -0.05) is 23.3 Å². The number of imide groups is 1. The van der Waals surface area contributed by atoms with Gasteiger partial charge in [0.2, 0.25) is 0 Å². The topological polar surface area (TPSA) is 76.6 Å². The van der Waals surface area contributed by atoms with Crippen molar-refractivity contribution in [3.8, 4) is 0 Å². The Kier molecular flexibility index (Phi) is 2.81. The Morgan fingerprint density at radius 1 is 1.00 bits per heavy atom. The Hall–Kier alpha value is -3.02. The maximum absolute atomic E-state index is 12.5. The minimum atomic E-state index is -0.851. The standard InChI is InChI=1S/C17H12N2O4/c20-14-11-5-1-2-6-12(11)15(21)19(14)23-16(22)17(8-9-17)13-7-3-4-10-18-13/h1-7,10H,8-9H2. The molecule has 0 unspecified atom stereocenters. The summed E-state index contributed by atoms with van der Waals surface area (Å²) in [5.74, 6) is -1.85. The van der Waals surface area contributed by atoms with Gasteiger partial charge in [0.25, 0.3) is 11.8 Å². The first-order valence-corrected chi connectivity index (χ1v) is 7.25. The first-order valence-electron chi connectivity index (χ1n) is 7.25. The van der Waals surface area contributed by atoms with Crippen molar-refractivity contribution in [3.05, 3.63) is 65.5 Å². The lowest BCUT2D eigenvalue weighted by Gasteiger charge is -2.17. The molecule has 6 nitrogen and oxygen atoms in total. The van der Waals surface area contributed by atoms with Crippen LogP contribution >= 0.6 is 0 Å². The first-order chi connectivity index (χ1) is 11.1. The van der Waals surface area contributed by atoms with E-state index in [4.69, 9.17) is 4.84 Å². The normalized spacial score (nSPS) is 17.8. The Labute approximate surface area is 131 Å². The average molecular weight is 308 g/mol. The third kappa shape index (κ3) is 1.95. The van der Waals surface area contributed by atoms with E-state index in [2.05, 4.69) is 4.98 Å². The monoisotopic (exact) mass is 308 g/mol. The number of hydrogen-bond acceptors (Lipinski definition) is 5. The molecule has 0 radical (unpaired) electrons. The number of fused-ring (bicyclic) bond motifs is 1. The molecule has 0 atom stereocenters. The Morgan fingerprint density at radius 2 is 1.61 bits per heavy atom. The molecular formula is C17H12N2O4. The molecule has 1 aromatic heterocycles. The number of benzene rings is 1. The predicted molar refractivity (Wildman–Crippen MR) is 78.2 cm³/mol. The molecule has 2 heterocycles. The molecule has 1 saturated carbocycles. The lowest BCUT2D eigenvalue weighted by Crippen LogP contribution is -2.37. The van der Waals surface area contributed by atoms with Crippen LogP contribution in [0.3, 0.4) is 0 Å². The van der Waals surface area contributed by atoms with Gasteiger partial charge in [0.15, 0.2) is 0 Å². The summed E-state index contributed by atoms with van der Waals surface area (Å²) in [7, 11) is 0. The van der Waals surface area contributed by atoms with E-state index in [1.807, 2.05) is 0 Å². The molecule has 0 bridgehead atoms. The maximum atomic E-state index is 12.5. The third-order valence-corrected chi connectivity index (χ3v) is 4.23. The smallest absolute Gasteiger partial charge is 0.329 e. The molecule has 2 aliphatic rings. The zero-order valence-electron chi connectivity index (χ0n) is 12.1. The molecular weight excluding hydrogens is 296 g/mol. The molecule has 114 valence electrons. The highest BCUT2D eigenvalue weighted by molar-refractivity contribution is 6.21. The van der Waals surface area contributed by atoms with E-state index in [1.54, 1.807) is 36.5 Å². The summed E-state index contributed by atoms with van der Waals surface area (Å²) in [6, 6.07) is 11.7. The number of carbonyl (C=O) groups excluding carboxylic acids is 3. The van der Waals surface area contributed by atoms with E-state index < -0.39 is 23.2 Å². The van der Waals surface area contributed by atoms with Crippen LogP contribution in [0.25, 0.3) is 0 Å². The predicted octanol–water partition coefficient (Wildman–Crippen LogP) is 1.87. The third-order valence-electron chi connectivity index (χ3n) is 4.23. The number of pyridine rings is 1. The minimum Gasteiger partial charge on any atom is -0.329 e. The van der Waals surface area contributed by atoms with Crippen LogP contribution in [0.1, 0.15) is 39.3 Å². The molecule has 2 amide bonds. The van der Waals surface area contributed by atoms with Crippen molar-refractivity contribution in [2.75, 3.05) is 0 Å². The summed E-state index contributed by atoms with van der Waals surface area (Å²) in [6.07, 6.45) is 2.78. The summed E-state index contributed by atoms with van der Waals surface area (Å²) < 4.78 is 0. The second-order valence-corrected chi connectivity index (χ2v) is 5.63. The molecule has 0 N–H and O–H groups in total. The number of amides is 2. The summed E-state index contributed by atoms with van der Waals surface area (Å²) in [4.78, 5) is 46.3. The van der Waals surface area contributed by atoms with Gasteiger partial charge < -0.3 is 4.84 Å². The van der Waals surface area contributed by atoms with Crippen molar-refractivity contribution >= 4 is 17.8 Å². The Balaban J connectivity index is 1.59. The van der Waals surface area contributed by atoms with Crippen LogP contribution in [0, 0.1) is 0 Å². The zero-order chi connectivity index (χ0) is 16.0. The van der Waals surface area contributed by atoms with Crippen molar-refractivity contribution in [3.63, 3.8) is 0 Å². The van der Waals surface area contributed by atoms with Gasteiger partial charge >= 0.3 is 5.97 Å². The summed E-state index contributed by atoms with van der Waals surface area (Å²) in [6.45, 7) is 0. The maximum Gasteiger partial charge on any atom is 0.345 e. The molecule has 1 aromatic carbocycles. The molecule has 23 heavy (non-hydrogen) atoms. The zero-order valence-corrected chi connectivity index (χ0v) is 12.1. The van der Waals surface area contributed by atoms with Gasteiger partial charge in [-0.15, -0.1) is 0 Å². The van der Waals surface area contributed by atoms with Gasteiger partial charge in [0.1, 0.15) is 5.41 Å². The van der Waals surface area contributed by atoms with Crippen molar-refractivity contribution in [2.24, 2.45) is 0 Å². The van der Waals surface area contributed by atoms with E-state index in [9.17, 15) is 14.4 Å². The average Bonchev–Trinajstić information content (AvgIpc) is 3.37. The number of carbonyl (C=O) groups is 3. The SMILES string of the molecule is O=C1c2ccccc2C(=O)N1OC(=O)C1(c2ccccn2)CC1. The van der Waals surface area contributed by atoms with Crippen LogP contribution < -0.4 is 0 Å². The van der Waals surface area contributed by atoms with Crippen molar-refractivity contribution in [1.29, 1.82) is 0 Å². The number of nitrogens with zero attached hydrogens (tertiary/aromatic N) is 2. The highest BCUT2D eigenvalue weighted by Gasteiger charge is 2.56. The number of rotatable bonds is 3. The second-order valence-electron chi connectivity index (χ2n) is 5.63. The Morgan fingerprint density at radius 3 is 2.13 bits per heavy atom. The fraction of sp³-hybridized carbons (Fsp3) is 0.176. The van der Waals surface area contributed by atoms with Crippen molar-refractivity contribution in [2.45, 2.75) is 18.3 Å². The van der Waals surface area contributed by atoms with Crippen LogP contribution in [0.5, 0.6) is 0 Å². The number of hydrogen-bond donors (Lipinski definition) is 0. The van der Waals surface area contributed by atoms with Gasteiger partial charge in [-0.25, -0.2) is 4.79 Å². The molecule has 0 saturated heterocycles. The summed E-state index contributed by atoms with van der Waals surface area (Å²) >= 11 is 0. The van der Waals surface area contributed by atoms with Crippen LogP contribution in [0.15, 0.2) is 48.7 Å². The van der Waals surface area contributed by atoms with Crippen molar-refractivity contribution in [1.82, 2.24) is 10.0 Å². The molecule has 1 aliphatic heterocycles. The van der Waals surface area contributed by atoms with E-state index in [1.165, 1.54) is 12.1 Å². The second kappa shape index (κ2) is 4.74. The van der Waals surface area contributed by atoms with Gasteiger partial charge in [-0.2, -0.15) is 0 Å². The molecule has 1 fully saturated rings. The van der Waals surface area contributed by atoms with Gasteiger partial charge in [-0.3, -0.25) is 14.6 Å². The first kappa shape index (κ1) is 13.6. The largest absolute Gasteiger partial charge is 0.345 e. The lowest BCUT2D eigenvalue weighted by atomic mass is 10.0. The summed E-state index contributed by atoms with van der Waals surface area (Å²) in [5.41, 5.74) is 0.235. The van der Waals surface area contributed by atoms with Crippen molar-refractivity contribution < 1.29 is 19.2 Å². The van der Waals surface area contributed by atoms with E-state index in [0.29, 0.717) is 23.6 Å². The molecule has 2 aromatic rings. The molecule has 6 heteroatoms. The lowest BCUT2D eigenvalue weighted by molar-refractivity contribution is -0.172. The highest BCUT2D eigenvalue weighted by Crippen LogP contribution is 2.48. The molecule has 1 aliphatic carbocycles. The molecule has 0 spiro atoms. The van der Waals surface area contributed by atoms with E-state index in [0.717, 1.165) is 0 Å². The molecule has 4 rings (SSSR count). The van der Waals surface area contributed by atoms with Gasteiger partial charge in [-0.05, 0) is 37.1 Å². The van der Waals surface area contributed by atoms with E-state index in [-0.39, 0.29) is 11.1 Å². The van der Waals surface area contributed by atoms with Gasteiger partial charge in [0, 0.05) is 6.20 Å². The van der Waals surface area contributed by atoms with Gasteiger partial charge in [0.05, 0.1) is 16.8 Å². The van der Waals surface area contributed by atoms with Crippen LogP contribution in [-0.2, 0) is 15.0 Å². The fourth-order valence-electron chi connectivity index (χ4n) is 2.76. The Bertz CT molecular complexity index is 792. The van der Waals surface area contributed by atoms with Crippen LogP contribution in [0.2, 0.25) is 0 Å². The van der Waals surface area contributed by atoms with Crippen LogP contribution in [0.4, 0.5) is 0 Å². The van der Waals surface area contributed by atoms with Crippen LogP contribution in [-0.4, -0.2) is 27.8 Å². The van der Waals surface area contributed by atoms with E-state index >= 15 is 0 Å². The number of hydroxylamine groups is 2.